The van der Waals surface area contributed by atoms with Crippen LogP contribution in [0, 0.1) is 0 Å². The average molecular weight is 495 g/mol. The number of primary amides is 1. The summed E-state index contributed by atoms with van der Waals surface area (Å²) in [4.78, 5) is 22.8. The number of nitrogens with zero attached hydrogens (tertiary/aromatic N) is 7. The van der Waals surface area contributed by atoms with Crippen LogP contribution in [0.2, 0.25) is 0 Å². The van der Waals surface area contributed by atoms with E-state index in [4.69, 9.17) is 15.8 Å². The van der Waals surface area contributed by atoms with Crippen LogP contribution < -0.4 is 5.73 Å². The van der Waals surface area contributed by atoms with Crippen LogP contribution in [0.25, 0.3) is 15.9 Å². The van der Waals surface area contributed by atoms with Gasteiger partial charge in [0.1, 0.15) is 11.0 Å². The molecule has 1 unspecified atom stereocenters. The van der Waals surface area contributed by atoms with Gasteiger partial charge in [0.2, 0.25) is 11.1 Å². The Morgan fingerprint density at radius 2 is 2.00 bits per heavy atom. The maximum absolute atomic E-state index is 12.4. The van der Waals surface area contributed by atoms with Gasteiger partial charge in [0.15, 0.2) is 5.65 Å². The van der Waals surface area contributed by atoms with Gasteiger partial charge in [-0.05, 0) is 61.5 Å². The number of rotatable bonds is 7. The number of piperazine rings is 1. The second kappa shape index (κ2) is 8.88. The monoisotopic (exact) mass is 494 g/mol. The number of hydrogen-bond acceptors (Lipinski definition) is 9. The van der Waals surface area contributed by atoms with E-state index in [9.17, 15) is 4.79 Å². The molecule has 0 spiro atoms. The summed E-state index contributed by atoms with van der Waals surface area (Å²) in [7, 11) is 0. The van der Waals surface area contributed by atoms with Crippen molar-refractivity contribution in [2.75, 3.05) is 32.7 Å². The van der Waals surface area contributed by atoms with Crippen LogP contribution in [0.3, 0.4) is 0 Å². The number of hydrogen-bond donors (Lipinski definition) is 1. The second-order valence-electron chi connectivity index (χ2n) is 8.84. The molecule has 2 aliphatic rings. The minimum Gasteiger partial charge on any atom is -0.368 e. The van der Waals surface area contributed by atoms with Gasteiger partial charge in [0.05, 0.1) is 15.9 Å². The van der Waals surface area contributed by atoms with Crippen molar-refractivity contribution in [3.8, 4) is 0 Å². The molecule has 6 rings (SSSR count). The van der Waals surface area contributed by atoms with Crippen LogP contribution in [-0.4, -0.2) is 73.2 Å². The first kappa shape index (κ1) is 21.9. The van der Waals surface area contributed by atoms with Crippen molar-refractivity contribution in [1.29, 1.82) is 0 Å². The molecule has 9 nitrogen and oxygen atoms in total. The third kappa shape index (κ3) is 4.17. The number of aromatic nitrogens is 5. The summed E-state index contributed by atoms with van der Waals surface area (Å²) in [6, 6.07) is 9.68. The molecule has 3 aromatic heterocycles. The highest BCUT2D eigenvalue weighted by atomic mass is 32.2. The third-order valence-electron chi connectivity index (χ3n) is 6.56. The molecule has 4 aromatic rings. The van der Waals surface area contributed by atoms with E-state index in [1.165, 1.54) is 35.9 Å². The Morgan fingerprint density at radius 3 is 2.74 bits per heavy atom. The van der Waals surface area contributed by atoms with Gasteiger partial charge in [-0.25, -0.2) is 4.98 Å². The Kier molecular flexibility index (Phi) is 5.72. The summed E-state index contributed by atoms with van der Waals surface area (Å²) in [5.41, 5.74) is 8.58. The van der Waals surface area contributed by atoms with E-state index in [0.717, 1.165) is 69.3 Å². The zero-order valence-electron chi connectivity index (χ0n) is 18.9. The lowest BCUT2D eigenvalue weighted by Gasteiger charge is -2.36. The lowest BCUT2D eigenvalue weighted by molar-refractivity contribution is -0.124. The molecule has 1 amide bonds. The molecule has 2 N–H and O–H groups in total. The van der Waals surface area contributed by atoms with Crippen LogP contribution in [0.15, 0.2) is 40.4 Å². The second-order valence-corrected chi connectivity index (χ2v) is 10.9. The molecule has 2 fully saturated rings. The molecule has 0 bridgehead atoms. The van der Waals surface area contributed by atoms with Crippen LogP contribution >= 0.6 is 23.1 Å². The number of nitrogens with two attached hydrogens (primary N) is 1. The lowest BCUT2D eigenvalue weighted by Crippen LogP contribution is -2.50. The summed E-state index contributed by atoms with van der Waals surface area (Å²) >= 11 is 3.07. The lowest BCUT2D eigenvalue weighted by atomic mass is 10.2. The molecule has 1 saturated heterocycles. The molecule has 0 radical (unpaired) electrons. The Hall–Kier alpha value is -2.60. The van der Waals surface area contributed by atoms with E-state index in [-0.39, 0.29) is 5.91 Å². The van der Waals surface area contributed by atoms with Gasteiger partial charge in [-0.3, -0.25) is 9.69 Å². The summed E-state index contributed by atoms with van der Waals surface area (Å²) in [6.45, 7) is 6.69. The van der Waals surface area contributed by atoms with Crippen LogP contribution in [0.1, 0.15) is 42.4 Å². The highest BCUT2D eigenvalue weighted by Crippen LogP contribution is 2.39. The fraction of sp³-hybridized carbons (Fsp3) is 0.435. The third-order valence-corrected chi connectivity index (χ3v) is 8.56. The topological polar surface area (TPSA) is 106 Å². The number of fused-ring (bicyclic) bond motifs is 2. The first-order chi connectivity index (χ1) is 16.6. The molecular formula is C23H26N8OS2. The van der Waals surface area contributed by atoms with Gasteiger partial charge in [0, 0.05) is 37.0 Å². The fourth-order valence-electron chi connectivity index (χ4n) is 4.45. The number of likely N-dealkylation sites (N-methyl/N-ethyl adjacent to an activating group) is 1. The van der Waals surface area contributed by atoms with Crippen LogP contribution in [-0.2, 0) is 4.79 Å². The smallest absolute Gasteiger partial charge is 0.241 e. The zero-order valence-corrected chi connectivity index (χ0v) is 20.6. The summed E-state index contributed by atoms with van der Waals surface area (Å²) < 4.78 is 2.86. The highest BCUT2D eigenvalue weighted by molar-refractivity contribution is 7.99. The minimum absolute atomic E-state index is 0.342. The highest BCUT2D eigenvalue weighted by Gasteiger charge is 2.31. The van der Waals surface area contributed by atoms with Gasteiger partial charge >= 0.3 is 0 Å². The predicted octanol–water partition coefficient (Wildman–Crippen LogP) is 2.93. The van der Waals surface area contributed by atoms with Gasteiger partial charge in [0.25, 0.3) is 0 Å². The van der Waals surface area contributed by atoms with E-state index in [0.29, 0.717) is 5.92 Å². The number of benzene rings is 1. The van der Waals surface area contributed by atoms with Crippen molar-refractivity contribution < 1.29 is 4.79 Å². The Bertz CT molecular complexity index is 1360. The quantitative estimate of drug-likeness (QED) is 0.418. The SMILES string of the molecule is CCN1CCN(C(C(N)=O)c2nc3ccc(Sc4nnc5ccc(C6CC6)nn45)cc3s2)CC1. The van der Waals surface area contributed by atoms with Crippen molar-refractivity contribution in [2.45, 2.75) is 41.8 Å². The van der Waals surface area contributed by atoms with Crippen LogP contribution in [0.4, 0.5) is 0 Å². The molecule has 1 aliphatic carbocycles. The standard InChI is InChI=1S/C23H26N8OS2/c1-2-29-9-11-30(12-10-29)20(21(24)32)22-25-17-6-5-15(13-18(17)34-22)33-23-27-26-19-8-7-16(14-3-4-14)28-31(19)23/h5-8,13-14,20H,2-4,9-12H2,1H3,(H2,24,32). The zero-order chi connectivity index (χ0) is 23.2. The Labute approximate surface area is 205 Å². The van der Waals surface area contributed by atoms with Crippen molar-refractivity contribution in [3.63, 3.8) is 0 Å². The molecule has 1 atom stereocenters. The number of thiazole rings is 1. The first-order valence-corrected chi connectivity index (χ1v) is 13.3. The Balaban J connectivity index is 1.26. The van der Waals surface area contributed by atoms with Gasteiger partial charge in [-0.15, -0.1) is 21.5 Å². The van der Waals surface area contributed by atoms with Gasteiger partial charge in [-0.1, -0.05) is 6.92 Å². The van der Waals surface area contributed by atoms with Crippen molar-refractivity contribution in [1.82, 2.24) is 34.6 Å². The summed E-state index contributed by atoms with van der Waals surface area (Å²) in [5.74, 6) is 0.228. The fourth-order valence-corrected chi connectivity index (χ4v) is 6.50. The molecule has 1 aliphatic heterocycles. The van der Waals surface area contributed by atoms with E-state index in [1.54, 1.807) is 0 Å². The van der Waals surface area contributed by atoms with Crippen LogP contribution in [0.5, 0.6) is 0 Å². The van der Waals surface area contributed by atoms with Crippen molar-refractivity contribution in [3.05, 3.63) is 41.0 Å². The minimum atomic E-state index is -0.488. The molecule has 1 saturated carbocycles. The van der Waals surface area contributed by atoms with Crippen molar-refractivity contribution in [2.24, 2.45) is 5.73 Å². The molecular weight excluding hydrogens is 468 g/mol. The number of carbonyl (C=O) groups is 1. The molecule has 34 heavy (non-hydrogen) atoms. The summed E-state index contributed by atoms with van der Waals surface area (Å²) in [6.07, 6.45) is 2.40. The summed E-state index contributed by atoms with van der Waals surface area (Å²) in [5, 5.41) is 14.9. The Morgan fingerprint density at radius 1 is 1.18 bits per heavy atom. The predicted molar refractivity (Wildman–Crippen MR) is 132 cm³/mol. The molecule has 176 valence electrons. The van der Waals surface area contributed by atoms with E-state index in [1.807, 2.05) is 22.7 Å². The normalized spacial score (nSPS) is 18.6. The molecule has 1 aromatic carbocycles. The maximum atomic E-state index is 12.4. The number of carbonyl (C=O) groups excluding carboxylic acids is 1. The van der Waals surface area contributed by atoms with E-state index in [2.05, 4.69) is 39.1 Å². The van der Waals surface area contributed by atoms with E-state index < -0.39 is 6.04 Å². The first-order valence-electron chi connectivity index (χ1n) is 11.7. The van der Waals surface area contributed by atoms with E-state index >= 15 is 0 Å². The van der Waals surface area contributed by atoms with Crippen molar-refractivity contribution >= 4 is 44.9 Å². The molecule has 11 heteroatoms. The maximum Gasteiger partial charge on any atom is 0.241 e. The molecule has 4 heterocycles. The largest absolute Gasteiger partial charge is 0.368 e. The number of amides is 1. The van der Waals surface area contributed by atoms with Gasteiger partial charge < -0.3 is 10.6 Å². The van der Waals surface area contributed by atoms with Gasteiger partial charge in [-0.2, -0.15) is 9.61 Å². The average Bonchev–Trinajstić information content (AvgIpc) is 3.51.